The number of rotatable bonds is 7. The molecule has 1 aliphatic carbocycles. The predicted molar refractivity (Wildman–Crippen MR) is 132 cm³/mol. The first-order valence-electron chi connectivity index (χ1n) is 12.0. The largest absolute Gasteiger partial charge is 0.469 e. The summed E-state index contributed by atoms with van der Waals surface area (Å²) in [6, 6.07) is 9.90. The second-order valence-corrected chi connectivity index (χ2v) is 9.53. The summed E-state index contributed by atoms with van der Waals surface area (Å²) in [5.41, 5.74) is 2.03. The molecule has 1 N–H and O–H groups in total. The molecule has 1 aliphatic heterocycles. The van der Waals surface area contributed by atoms with E-state index in [4.69, 9.17) is 9.15 Å². The van der Waals surface area contributed by atoms with Gasteiger partial charge < -0.3 is 14.5 Å². The van der Waals surface area contributed by atoms with E-state index in [9.17, 15) is 9.59 Å². The van der Waals surface area contributed by atoms with Crippen molar-refractivity contribution in [1.29, 1.82) is 0 Å². The molecule has 3 atom stereocenters. The van der Waals surface area contributed by atoms with Crippen molar-refractivity contribution < 1.29 is 18.7 Å². The van der Waals surface area contributed by atoms with E-state index in [-0.39, 0.29) is 23.3 Å². The summed E-state index contributed by atoms with van der Waals surface area (Å²) in [4.78, 5) is 26.7. The van der Waals surface area contributed by atoms with Crippen LogP contribution in [0.25, 0.3) is 6.08 Å². The van der Waals surface area contributed by atoms with Crippen molar-refractivity contribution in [2.45, 2.75) is 51.0 Å². The molecule has 1 aromatic carbocycles. The minimum atomic E-state index is -0.319. The Morgan fingerprint density at radius 2 is 2.18 bits per heavy atom. The average molecular weight is 463 g/mol. The number of esters is 1. The molecule has 180 valence electrons. The second-order valence-electron chi connectivity index (χ2n) is 9.53. The summed E-state index contributed by atoms with van der Waals surface area (Å²) in [6.45, 7) is 10.1. The maximum absolute atomic E-state index is 12.7. The lowest BCUT2D eigenvalue weighted by Crippen LogP contribution is -2.56. The first-order chi connectivity index (χ1) is 16.4. The van der Waals surface area contributed by atoms with Gasteiger partial charge in [-0.1, -0.05) is 18.2 Å². The van der Waals surface area contributed by atoms with Crippen LogP contribution in [-0.2, 0) is 15.0 Å². The summed E-state index contributed by atoms with van der Waals surface area (Å²) in [5.74, 6) is 1.43. The van der Waals surface area contributed by atoms with Gasteiger partial charge in [0.05, 0.1) is 6.26 Å². The molecule has 0 bridgehead atoms. The van der Waals surface area contributed by atoms with Crippen LogP contribution in [0.15, 0.2) is 59.7 Å². The first kappa shape index (κ1) is 24.0. The smallest absolute Gasteiger partial charge is 0.308 e. The number of hydrogen-bond acceptors (Lipinski definition) is 5. The molecule has 0 radical (unpaired) electrons. The number of piperidine rings is 1. The number of amides is 1. The molecule has 6 nitrogen and oxygen atoms in total. The Morgan fingerprint density at radius 1 is 1.32 bits per heavy atom. The number of benzene rings is 1. The van der Waals surface area contributed by atoms with Gasteiger partial charge >= 0.3 is 5.97 Å². The van der Waals surface area contributed by atoms with Gasteiger partial charge in [-0.25, -0.2) is 0 Å². The number of fused-ring (bicyclic) bond motifs is 1. The lowest BCUT2D eigenvalue weighted by Gasteiger charge is -2.53. The Hall–Kier alpha value is -3.12. The Bertz CT molecular complexity index is 1070. The number of carbonyl (C=O) groups excluding carboxylic acids is 2. The Balaban J connectivity index is 1.55. The number of likely N-dealkylation sites (tertiary alicyclic amines) is 1. The molecule has 0 unspecified atom stereocenters. The zero-order valence-corrected chi connectivity index (χ0v) is 20.1. The molecule has 1 aromatic heterocycles. The van der Waals surface area contributed by atoms with Crippen LogP contribution in [0.2, 0.25) is 0 Å². The quantitative estimate of drug-likeness (QED) is 0.281. The number of nitrogens with zero attached hydrogens (tertiary/aromatic N) is 1. The molecule has 4 rings (SSSR count). The molecular formula is C28H34N2O4. The van der Waals surface area contributed by atoms with Crippen molar-refractivity contribution in [3.05, 3.63) is 72.2 Å². The standard InChI is InChI=1S/C28H34N2O4/c1-4-14-30-15-13-28(23-6-5-7-26(17-23)34-21(3)31)18-25(10-9-24(28)19-30)29-27(32)11-8-22-12-16-33-20(22)2/h4-8,11-12,16-17,24-25H,1,9-10,13-15,18-19H2,2-3H3,(H,29,32)/b11-8+/t24-,25+,28+/m1/s1. The summed E-state index contributed by atoms with van der Waals surface area (Å²) in [5, 5.41) is 3.24. The lowest BCUT2D eigenvalue weighted by atomic mass is 9.58. The molecular weight excluding hydrogens is 428 g/mol. The van der Waals surface area contributed by atoms with Crippen LogP contribution in [0.3, 0.4) is 0 Å². The lowest BCUT2D eigenvalue weighted by molar-refractivity contribution is -0.131. The van der Waals surface area contributed by atoms with Gasteiger partial charge in [-0.2, -0.15) is 0 Å². The molecule has 0 spiro atoms. The predicted octanol–water partition coefficient (Wildman–Crippen LogP) is 4.64. The van der Waals surface area contributed by atoms with E-state index in [1.54, 1.807) is 18.4 Å². The van der Waals surface area contributed by atoms with Crippen LogP contribution in [0.4, 0.5) is 0 Å². The van der Waals surface area contributed by atoms with Crippen LogP contribution >= 0.6 is 0 Å². The Morgan fingerprint density at radius 3 is 2.91 bits per heavy atom. The molecule has 34 heavy (non-hydrogen) atoms. The van der Waals surface area contributed by atoms with E-state index >= 15 is 0 Å². The molecule has 1 saturated carbocycles. The van der Waals surface area contributed by atoms with Gasteiger partial charge in [0.25, 0.3) is 0 Å². The highest BCUT2D eigenvalue weighted by Crippen LogP contribution is 2.49. The van der Waals surface area contributed by atoms with Gasteiger partial charge in [0.15, 0.2) is 0 Å². The third kappa shape index (κ3) is 5.33. The molecule has 1 saturated heterocycles. The average Bonchev–Trinajstić information content (AvgIpc) is 3.22. The van der Waals surface area contributed by atoms with Gasteiger partial charge in [-0.15, -0.1) is 6.58 Å². The molecule has 6 heteroatoms. The molecule has 2 aromatic rings. The van der Waals surface area contributed by atoms with Crippen LogP contribution in [0, 0.1) is 12.8 Å². The number of ether oxygens (including phenoxy) is 1. The van der Waals surface area contributed by atoms with Gasteiger partial charge in [0, 0.05) is 43.1 Å². The number of nitrogens with one attached hydrogen (secondary N) is 1. The molecule has 2 fully saturated rings. The van der Waals surface area contributed by atoms with Crippen molar-refractivity contribution in [3.8, 4) is 5.75 Å². The summed E-state index contributed by atoms with van der Waals surface area (Å²) in [6.07, 6.45) is 10.8. The Labute approximate surface area is 201 Å². The third-order valence-electron chi connectivity index (χ3n) is 7.33. The summed E-state index contributed by atoms with van der Waals surface area (Å²) in [7, 11) is 0. The fraction of sp³-hybridized carbons (Fsp3) is 0.429. The van der Waals surface area contributed by atoms with Crippen molar-refractivity contribution in [2.24, 2.45) is 5.92 Å². The minimum absolute atomic E-state index is 0.0745. The second kappa shape index (κ2) is 10.4. The van der Waals surface area contributed by atoms with Crippen molar-refractivity contribution in [2.75, 3.05) is 19.6 Å². The number of aryl methyl sites for hydroxylation is 1. The zero-order chi connectivity index (χ0) is 24.1. The molecule has 2 heterocycles. The fourth-order valence-corrected chi connectivity index (χ4v) is 5.71. The third-order valence-corrected chi connectivity index (χ3v) is 7.33. The van der Waals surface area contributed by atoms with Gasteiger partial charge in [0.2, 0.25) is 5.91 Å². The Kier molecular flexibility index (Phi) is 7.37. The molecule has 2 aliphatic rings. The topological polar surface area (TPSA) is 71.8 Å². The highest BCUT2D eigenvalue weighted by Gasteiger charge is 2.48. The van der Waals surface area contributed by atoms with Crippen LogP contribution in [0.5, 0.6) is 5.75 Å². The summed E-state index contributed by atoms with van der Waals surface area (Å²) >= 11 is 0. The van der Waals surface area contributed by atoms with Gasteiger partial charge in [-0.3, -0.25) is 14.5 Å². The normalized spacial score (nSPS) is 25.0. The van der Waals surface area contributed by atoms with Crippen molar-refractivity contribution in [1.82, 2.24) is 10.2 Å². The fourth-order valence-electron chi connectivity index (χ4n) is 5.71. The number of furan rings is 1. The van der Waals surface area contributed by atoms with Gasteiger partial charge in [0.1, 0.15) is 11.5 Å². The van der Waals surface area contributed by atoms with Crippen molar-refractivity contribution in [3.63, 3.8) is 0 Å². The van der Waals surface area contributed by atoms with Gasteiger partial charge in [-0.05, 0) is 74.9 Å². The van der Waals surface area contributed by atoms with Crippen molar-refractivity contribution >= 4 is 18.0 Å². The maximum atomic E-state index is 12.7. The van der Waals surface area contributed by atoms with E-state index in [2.05, 4.69) is 22.9 Å². The maximum Gasteiger partial charge on any atom is 0.308 e. The highest BCUT2D eigenvalue weighted by atomic mass is 16.5. The monoisotopic (exact) mass is 462 g/mol. The van der Waals surface area contributed by atoms with E-state index in [0.29, 0.717) is 11.7 Å². The number of hydrogen-bond donors (Lipinski definition) is 1. The first-order valence-corrected chi connectivity index (χ1v) is 12.0. The van der Waals surface area contributed by atoms with E-state index in [1.807, 2.05) is 37.3 Å². The number of carbonyl (C=O) groups is 2. The van der Waals surface area contributed by atoms with Crippen LogP contribution in [-0.4, -0.2) is 42.5 Å². The minimum Gasteiger partial charge on any atom is -0.469 e. The molecule has 1 amide bonds. The van der Waals surface area contributed by atoms with E-state index in [0.717, 1.165) is 56.6 Å². The van der Waals surface area contributed by atoms with Crippen LogP contribution in [0.1, 0.15) is 49.5 Å². The van der Waals surface area contributed by atoms with E-state index < -0.39 is 0 Å². The SMILES string of the molecule is C=CCN1CC[C@@]2(c3cccc(OC(C)=O)c3)C[C@@H](NC(=O)/C=C/c3ccoc3C)CC[C@@H]2C1. The van der Waals surface area contributed by atoms with Crippen LogP contribution < -0.4 is 10.1 Å². The highest BCUT2D eigenvalue weighted by molar-refractivity contribution is 5.92. The van der Waals surface area contributed by atoms with E-state index in [1.165, 1.54) is 12.5 Å². The summed E-state index contributed by atoms with van der Waals surface area (Å²) < 4.78 is 10.7. The zero-order valence-electron chi connectivity index (χ0n) is 20.1.